The van der Waals surface area contributed by atoms with E-state index < -0.39 is 0 Å². The van der Waals surface area contributed by atoms with Crippen LogP contribution in [-0.2, 0) is 0 Å². The van der Waals surface area contributed by atoms with Crippen LogP contribution in [0.3, 0.4) is 0 Å². The molecule has 0 saturated carbocycles. The first-order chi connectivity index (χ1) is 15.1. The van der Waals surface area contributed by atoms with Crippen molar-refractivity contribution in [3.05, 3.63) is 47.0 Å². The summed E-state index contributed by atoms with van der Waals surface area (Å²) in [6, 6.07) is 12.3. The molecule has 2 aromatic heterocycles. The fourth-order valence-electron chi connectivity index (χ4n) is 4.23. The number of fused-ring (bicyclic) bond motifs is 1. The van der Waals surface area contributed by atoms with Crippen molar-refractivity contribution in [3.8, 4) is 0 Å². The number of amides is 1. The first kappa shape index (κ1) is 20.2. The standard InChI is InChI=1S/C23H28N6OS/c1-17-15-21(27-9-7-26(2)8-10-27)25-23(24-17)29-13-11-28(12-14-29)22(30)20-16-18-5-3-4-6-19(18)31-20/h3-6,15-16H,7-14H2,1-2H3. The van der Waals surface area contributed by atoms with E-state index in [1.807, 2.05) is 30.0 Å². The van der Waals surface area contributed by atoms with E-state index >= 15 is 0 Å². The van der Waals surface area contributed by atoms with Gasteiger partial charge in [0, 0.05) is 68.8 Å². The van der Waals surface area contributed by atoms with E-state index in [0.717, 1.165) is 71.7 Å². The fraction of sp³-hybridized carbons (Fsp3) is 0.435. The van der Waals surface area contributed by atoms with Crippen LogP contribution in [0.5, 0.6) is 0 Å². The third-order valence-electron chi connectivity index (χ3n) is 6.14. The van der Waals surface area contributed by atoms with E-state index in [9.17, 15) is 4.79 Å². The molecule has 2 aliphatic heterocycles. The summed E-state index contributed by atoms with van der Waals surface area (Å²) in [5.74, 6) is 1.92. The molecule has 0 spiro atoms. The number of carbonyl (C=O) groups is 1. The lowest BCUT2D eigenvalue weighted by Crippen LogP contribution is -2.49. The number of hydrogen-bond donors (Lipinski definition) is 0. The Balaban J connectivity index is 1.26. The van der Waals surface area contributed by atoms with Gasteiger partial charge >= 0.3 is 0 Å². The Kier molecular flexibility index (Phi) is 5.50. The predicted molar refractivity (Wildman–Crippen MR) is 126 cm³/mol. The number of anilines is 2. The highest BCUT2D eigenvalue weighted by Crippen LogP contribution is 2.27. The first-order valence-electron chi connectivity index (χ1n) is 10.9. The fourth-order valence-corrected chi connectivity index (χ4v) is 5.26. The SMILES string of the molecule is Cc1cc(N2CCN(C)CC2)nc(N2CCN(C(=O)c3cc4ccccc4s3)CC2)n1. The minimum atomic E-state index is 0.129. The van der Waals surface area contributed by atoms with Gasteiger partial charge in [0.1, 0.15) is 5.82 Å². The number of aryl methyl sites for hydroxylation is 1. The van der Waals surface area contributed by atoms with Gasteiger partial charge in [-0.2, -0.15) is 4.98 Å². The lowest BCUT2D eigenvalue weighted by atomic mass is 10.2. The highest BCUT2D eigenvalue weighted by atomic mass is 32.1. The van der Waals surface area contributed by atoms with Crippen LogP contribution < -0.4 is 9.80 Å². The summed E-state index contributed by atoms with van der Waals surface area (Å²) in [7, 11) is 2.16. The maximum atomic E-state index is 13.0. The smallest absolute Gasteiger partial charge is 0.264 e. The summed E-state index contributed by atoms with van der Waals surface area (Å²) in [5.41, 5.74) is 0.989. The molecular weight excluding hydrogens is 408 g/mol. The third-order valence-corrected chi connectivity index (χ3v) is 7.25. The zero-order valence-corrected chi connectivity index (χ0v) is 18.9. The summed E-state index contributed by atoms with van der Waals surface area (Å²) < 4.78 is 1.16. The van der Waals surface area contributed by atoms with Gasteiger partial charge < -0.3 is 19.6 Å². The summed E-state index contributed by atoms with van der Waals surface area (Å²) in [4.78, 5) is 32.3. The number of carbonyl (C=O) groups excluding carboxylic acids is 1. The largest absolute Gasteiger partial charge is 0.354 e. The molecule has 1 aromatic carbocycles. The van der Waals surface area contributed by atoms with Crippen LogP contribution in [0.15, 0.2) is 36.4 Å². The number of nitrogens with zero attached hydrogens (tertiary/aromatic N) is 6. The summed E-state index contributed by atoms with van der Waals surface area (Å²) in [6.07, 6.45) is 0. The second-order valence-corrected chi connectivity index (χ2v) is 9.47. The van der Waals surface area contributed by atoms with Gasteiger partial charge in [-0.15, -0.1) is 11.3 Å². The topological polar surface area (TPSA) is 55.8 Å². The molecule has 0 bridgehead atoms. The predicted octanol–water partition coefficient (Wildman–Crippen LogP) is 2.71. The van der Waals surface area contributed by atoms with Crippen LogP contribution >= 0.6 is 11.3 Å². The molecule has 4 heterocycles. The first-order valence-corrected chi connectivity index (χ1v) is 11.7. The Labute approximate surface area is 186 Å². The number of thiophene rings is 1. The van der Waals surface area contributed by atoms with E-state index in [2.05, 4.69) is 39.9 Å². The van der Waals surface area contributed by atoms with Crippen LogP contribution in [0.4, 0.5) is 11.8 Å². The lowest BCUT2D eigenvalue weighted by Gasteiger charge is -2.36. The van der Waals surface area contributed by atoms with Crippen molar-refractivity contribution < 1.29 is 4.79 Å². The molecule has 8 heteroatoms. The van der Waals surface area contributed by atoms with Crippen LogP contribution in [0.1, 0.15) is 15.4 Å². The Morgan fingerprint density at radius 1 is 0.903 bits per heavy atom. The molecule has 0 radical (unpaired) electrons. The molecule has 2 aliphatic rings. The van der Waals surface area contributed by atoms with Crippen molar-refractivity contribution in [1.29, 1.82) is 0 Å². The molecule has 3 aromatic rings. The molecule has 5 rings (SSSR count). The van der Waals surface area contributed by atoms with Gasteiger partial charge in [0.05, 0.1) is 4.88 Å². The minimum Gasteiger partial charge on any atom is -0.354 e. The lowest BCUT2D eigenvalue weighted by molar-refractivity contribution is 0.0751. The quantitative estimate of drug-likeness (QED) is 0.629. The van der Waals surface area contributed by atoms with Crippen molar-refractivity contribution >= 4 is 39.1 Å². The summed E-state index contributed by atoms with van der Waals surface area (Å²) in [6.45, 7) is 9.00. The highest BCUT2D eigenvalue weighted by molar-refractivity contribution is 7.20. The monoisotopic (exact) mass is 436 g/mol. The van der Waals surface area contributed by atoms with Crippen LogP contribution in [0.2, 0.25) is 0 Å². The number of hydrogen-bond acceptors (Lipinski definition) is 7. The average molecular weight is 437 g/mol. The molecule has 0 atom stereocenters. The molecule has 31 heavy (non-hydrogen) atoms. The van der Waals surface area contributed by atoms with Gasteiger partial charge in [-0.1, -0.05) is 18.2 Å². The highest BCUT2D eigenvalue weighted by Gasteiger charge is 2.25. The number of rotatable bonds is 3. The molecule has 7 nitrogen and oxygen atoms in total. The Bertz CT molecular complexity index is 1050. The molecule has 162 valence electrons. The van der Waals surface area contributed by atoms with E-state index in [4.69, 9.17) is 9.97 Å². The van der Waals surface area contributed by atoms with Crippen molar-refractivity contribution in [1.82, 2.24) is 19.8 Å². The van der Waals surface area contributed by atoms with Crippen LogP contribution in [0.25, 0.3) is 10.1 Å². The van der Waals surface area contributed by atoms with Gasteiger partial charge in [0.15, 0.2) is 0 Å². The normalized spacial score (nSPS) is 18.1. The number of aromatic nitrogens is 2. The van der Waals surface area contributed by atoms with Gasteiger partial charge in [-0.25, -0.2) is 4.98 Å². The number of benzene rings is 1. The van der Waals surface area contributed by atoms with Crippen LogP contribution in [-0.4, -0.2) is 85.1 Å². The average Bonchev–Trinajstić information content (AvgIpc) is 3.23. The van der Waals surface area contributed by atoms with E-state index in [1.165, 1.54) is 0 Å². The maximum Gasteiger partial charge on any atom is 0.264 e. The zero-order valence-electron chi connectivity index (χ0n) is 18.1. The van der Waals surface area contributed by atoms with Crippen molar-refractivity contribution in [2.45, 2.75) is 6.92 Å². The maximum absolute atomic E-state index is 13.0. The number of piperazine rings is 2. The summed E-state index contributed by atoms with van der Waals surface area (Å²) in [5, 5.41) is 1.14. The van der Waals surface area contributed by atoms with Crippen molar-refractivity contribution in [3.63, 3.8) is 0 Å². The van der Waals surface area contributed by atoms with E-state index in [1.54, 1.807) is 11.3 Å². The zero-order chi connectivity index (χ0) is 21.4. The molecule has 1 amide bonds. The van der Waals surface area contributed by atoms with Gasteiger partial charge in [0.2, 0.25) is 5.95 Å². The Morgan fingerprint density at radius 2 is 1.61 bits per heavy atom. The molecule has 2 saturated heterocycles. The molecule has 0 unspecified atom stereocenters. The Morgan fingerprint density at radius 3 is 2.35 bits per heavy atom. The third kappa shape index (κ3) is 4.22. The summed E-state index contributed by atoms with van der Waals surface area (Å²) >= 11 is 1.58. The van der Waals surface area contributed by atoms with Gasteiger partial charge in [-0.05, 0) is 31.5 Å². The molecule has 0 N–H and O–H groups in total. The molecule has 2 fully saturated rings. The van der Waals surface area contributed by atoms with Gasteiger partial charge in [0.25, 0.3) is 5.91 Å². The second-order valence-electron chi connectivity index (χ2n) is 8.39. The van der Waals surface area contributed by atoms with Crippen molar-refractivity contribution in [2.24, 2.45) is 0 Å². The van der Waals surface area contributed by atoms with Gasteiger partial charge in [-0.3, -0.25) is 4.79 Å². The molecule has 0 aliphatic carbocycles. The number of likely N-dealkylation sites (N-methyl/N-ethyl adjacent to an activating group) is 1. The minimum absolute atomic E-state index is 0.129. The van der Waals surface area contributed by atoms with E-state index in [-0.39, 0.29) is 5.91 Å². The Hall–Kier alpha value is -2.71. The second kappa shape index (κ2) is 8.43. The van der Waals surface area contributed by atoms with E-state index in [0.29, 0.717) is 13.1 Å². The van der Waals surface area contributed by atoms with Crippen LogP contribution in [0, 0.1) is 6.92 Å². The van der Waals surface area contributed by atoms with Crippen molar-refractivity contribution in [2.75, 3.05) is 69.2 Å². The molecular formula is C23H28N6OS.